The summed E-state index contributed by atoms with van der Waals surface area (Å²) < 4.78 is 5.14. The van der Waals surface area contributed by atoms with E-state index in [0.29, 0.717) is 17.9 Å². The quantitative estimate of drug-likeness (QED) is 0.862. The molecule has 0 bridgehead atoms. The number of carbonyl (C=O) groups is 3. The largest absolute Gasteiger partial charge is 0.480 e. The summed E-state index contributed by atoms with van der Waals surface area (Å²) in [7, 11) is 0. The number of rotatable bonds is 4. The summed E-state index contributed by atoms with van der Waals surface area (Å²) in [4.78, 5) is 37.0. The summed E-state index contributed by atoms with van der Waals surface area (Å²) in [6, 6.07) is 5.60. The van der Waals surface area contributed by atoms with Crippen LogP contribution >= 0.6 is 0 Å². The van der Waals surface area contributed by atoms with Gasteiger partial charge in [0.1, 0.15) is 0 Å². The molecule has 2 fully saturated rings. The molecule has 0 radical (unpaired) electrons. The van der Waals surface area contributed by atoms with Gasteiger partial charge in [0.05, 0.1) is 13.2 Å². The zero-order valence-electron chi connectivity index (χ0n) is 12.5. The maximum Gasteiger partial charge on any atom is 0.328 e. The van der Waals surface area contributed by atoms with Crippen LogP contribution in [0.15, 0.2) is 24.3 Å². The Kier molecular flexibility index (Phi) is 4.29. The summed E-state index contributed by atoms with van der Waals surface area (Å²) in [5, 5.41) is 12.0. The molecule has 122 valence electrons. The Morgan fingerprint density at radius 3 is 2.74 bits per heavy atom. The minimum Gasteiger partial charge on any atom is -0.480 e. The molecule has 1 saturated heterocycles. The molecule has 1 saturated carbocycles. The number of carboxylic acids is 1. The maximum atomic E-state index is 12.6. The first kappa shape index (κ1) is 15.5. The monoisotopic (exact) mass is 318 g/mol. The lowest BCUT2D eigenvalue weighted by molar-refractivity contribution is -0.147. The number of nitrogens with one attached hydrogen (secondary N) is 1. The normalized spacial score (nSPS) is 20.9. The van der Waals surface area contributed by atoms with Gasteiger partial charge in [0.25, 0.3) is 5.91 Å². The van der Waals surface area contributed by atoms with Crippen LogP contribution in [0.1, 0.15) is 23.2 Å². The molecule has 2 N–H and O–H groups in total. The van der Waals surface area contributed by atoms with Crippen LogP contribution in [0, 0.1) is 5.92 Å². The summed E-state index contributed by atoms with van der Waals surface area (Å²) >= 11 is 0. The Morgan fingerprint density at radius 2 is 2.04 bits per heavy atom. The molecule has 1 heterocycles. The minimum atomic E-state index is -1.09. The third kappa shape index (κ3) is 3.50. The van der Waals surface area contributed by atoms with Crippen molar-refractivity contribution in [3.05, 3.63) is 29.8 Å². The van der Waals surface area contributed by atoms with Gasteiger partial charge in [-0.15, -0.1) is 0 Å². The van der Waals surface area contributed by atoms with Gasteiger partial charge in [-0.3, -0.25) is 9.59 Å². The van der Waals surface area contributed by atoms with Gasteiger partial charge in [-0.05, 0) is 31.0 Å². The smallest absolute Gasteiger partial charge is 0.328 e. The van der Waals surface area contributed by atoms with Gasteiger partial charge in [-0.1, -0.05) is 6.07 Å². The molecule has 7 nitrogen and oxygen atoms in total. The standard InChI is InChI=1S/C16H18N2O5/c19-14(10-4-5-10)17-12-3-1-2-11(8-12)15(20)18-6-7-23-9-13(18)16(21)22/h1-3,8,10,13H,4-7,9H2,(H,17,19)(H,21,22). The van der Waals surface area contributed by atoms with E-state index >= 15 is 0 Å². The zero-order chi connectivity index (χ0) is 16.4. The van der Waals surface area contributed by atoms with Gasteiger partial charge in [0.2, 0.25) is 5.91 Å². The third-order valence-electron chi connectivity index (χ3n) is 4.00. The van der Waals surface area contributed by atoms with Gasteiger partial charge in [0.15, 0.2) is 6.04 Å². The highest BCUT2D eigenvalue weighted by Gasteiger charge is 2.33. The number of carbonyl (C=O) groups excluding carboxylic acids is 2. The number of hydrogen-bond donors (Lipinski definition) is 2. The minimum absolute atomic E-state index is 0.0147. The fourth-order valence-corrected chi connectivity index (χ4v) is 2.54. The number of ether oxygens (including phenoxy) is 1. The molecule has 0 spiro atoms. The molecular weight excluding hydrogens is 300 g/mol. The molecule has 2 amide bonds. The second kappa shape index (κ2) is 6.37. The van der Waals surface area contributed by atoms with Crippen molar-refractivity contribution in [2.75, 3.05) is 25.1 Å². The number of morpholine rings is 1. The molecule has 0 aromatic heterocycles. The molecule has 1 aliphatic heterocycles. The summed E-state index contributed by atoms with van der Waals surface area (Å²) in [6.45, 7) is 0.529. The average molecular weight is 318 g/mol. The van der Waals surface area contributed by atoms with Crippen molar-refractivity contribution in [2.45, 2.75) is 18.9 Å². The molecule has 1 aliphatic carbocycles. The van der Waals surface area contributed by atoms with Gasteiger partial charge in [0, 0.05) is 23.7 Å². The lowest BCUT2D eigenvalue weighted by Gasteiger charge is -2.32. The topological polar surface area (TPSA) is 95.9 Å². The molecule has 2 aliphatic rings. The molecule has 1 atom stereocenters. The van der Waals surface area contributed by atoms with E-state index in [1.165, 1.54) is 4.90 Å². The highest BCUT2D eigenvalue weighted by atomic mass is 16.5. The van der Waals surface area contributed by atoms with E-state index < -0.39 is 12.0 Å². The predicted molar refractivity (Wildman–Crippen MR) is 81.1 cm³/mol. The highest BCUT2D eigenvalue weighted by molar-refractivity contribution is 5.99. The molecule has 1 unspecified atom stereocenters. The Labute approximate surface area is 133 Å². The van der Waals surface area contributed by atoms with Crippen molar-refractivity contribution in [2.24, 2.45) is 5.92 Å². The van der Waals surface area contributed by atoms with E-state index in [9.17, 15) is 19.5 Å². The third-order valence-corrected chi connectivity index (χ3v) is 4.00. The number of hydrogen-bond acceptors (Lipinski definition) is 4. The first-order chi connectivity index (χ1) is 11.1. The number of carboxylic acid groups (broad SMARTS) is 1. The van der Waals surface area contributed by atoms with Crippen LogP contribution in [-0.4, -0.2) is 53.6 Å². The van der Waals surface area contributed by atoms with Gasteiger partial charge in [-0.2, -0.15) is 0 Å². The molecule has 3 rings (SSSR count). The number of aliphatic carboxylic acids is 1. The average Bonchev–Trinajstić information content (AvgIpc) is 3.39. The van der Waals surface area contributed by atoms with Crippen molar-refractivity contribution >= 4 is 23.5 Å². The van der Waals surface area contributed by atoms with Crippen molar-refractivity contribution in [3.8, 4) is 0 Å². The van der Waals surface area contributed by atoms with Crippen LogP contribution in [0.3, 0.4) is 0 Å². The summed E-state index contributed by atoms with van der Waals surface area (Å²) in [6.07, 6.45) is 1.80. The van der Waals surface area contributed by atoms with Gasteiger partial charge < -0.3 is 20.1 Å². The Morgan fingerprint density at radius 1 is 1.26 bits per heavy atom. The van der Waals surface area contributed by atoms with Crippen molar-refractivity contribution in [1.82, 2.24) is 4.90 Å². The van der Waals surface area contributed by atoms with Gasteiger partial charge in [-0.25, -0.2) is 4.79 Å². The number of benzene rings is 1. The van der Waals surface area contributed by atoms with Crippen LogP contribution in [0.4, 0.5) is 5.69 Å². The van der Waals surface area contributed by atoms with Crippen LogP contribution in [0.5, 0.6) is 0 Å². The molecule has 1 aromatic carbocycles. The summed E-state index contributed by atoms with van der Waals surface area (Å²) in [5.41, 5.74) is 0.902. The lowest BCUT2D eigenvalue weighted by Crippen LogP contribution is -2.52. The van der Waals surface area contributed by atoms with Crippen molar-refractivity contribution in [1.29, 1.82) is 0 Å². The number of anilines is 1. The SMILES string of the molecule is O=C(Nc1cccc(C(=O)N2CCOCC2C(=O)O)c1)C1CC1. The second-order valence-electron chi connectivity index (χ2n) is 5.77. The molecule has 7 heteroatoms. The van der Waals surface area contributed by atoms with E-state index in [1.807, 2.05) is 0 Å². The van der Waals surface area contributed by atoms with Crippen LogP contribution < -0.4 is 5.32 Å². The Hall–Kier alpha value is -2.41. The van der Waals surface area contributed by atoms with Gasteiger partial charge >= 0.3 is 5.97 Å². The van der Waals surface area contributed by atoms with E-state index in [0.717, 1.165) is 12.8 Å². The van der Waals surface area contributed by atoms with Crippen molar-refractivity contribution < 1.29 is 24.2 Å². The van der Waals surface area contributed by atoms with Crippen LogP contribution in [0.25, 0.3) is 0 Å². The van der Waals surface area contributed by atoms with E-state index in [2.05, 4.69) is 5.32 Å². The van der Waals surface area contributed by atoms with E-state index in [-0.39, 0.29) is 30.9 Å². The predicted octanol–water partition coefficient (Wildman–Crippen LogP) is 0.961. The molecule has 1 aromatic rings. The summed E-state index contributed by atoms with van der Waals surface area (Å²) in [5.74, 6) is -1.42. The maximum absolute atomic E-state index is 12.6. The van der Waals surface area contributed by atoms with Crippen molar-refractivity contribution in [3.63, 3.8) is 0 Å². The highest BCUT2D eigenvalue weighted by Crippen LogP contribution is 2.30. The van der Waals surface area contributed by atoms with Crippen LogP contribution in [-0.2, 0) is 14.3 Å². The van der Waals surface area contributed by atoms with E-state index in [4.69, 9.17) is 4.74 Å². The Balaban J connectivity index is 1.75. The molecule has 23 heavy (non-hydrogen) atoms. The first-order valence-corrected chi connectivity index (χ1v) is 7.58. The fraction of sp³-hybridized carbons (Fsp3) is 0.438. The lowest BCUT2D eigenvalue weighted by atomic mass is 10.1. The first-order valence-electron chi connectivity index (χ1n) is 7.58. The zero-order valence-corrected chi connectivity index (χ0v) is 12.5. The second-order valence-corrected chi connectivity index (χ2v) is 5.77. The van der Waals surface area contributed by atoms with Crippen LogP contribution in [0.2, 0.25) is 0 Å². The number of nitrogens with zero attached hydrogens (tertiary/aromatic N) is 1. The Bertz CT molecular complexity index is 641. The van der Waals surface area contributed by atoms with E-state index in [1.54, 1.807) is 24.3 Å². The number of amides is 2. The fourth-order valence-electron chi connectivity index (χ4n) is 2.54. The molecular formula is C16H18N2O5.